The van der Waals surface area contributed by atoms with E-state index in [0.29, 0.717) is 19.0 Å². The molecule has 1 radical (unpaired) electrons. The normalized spacial score (nSPS) is 14.5. The lowest BCUT2D eigenvalue weighted by Gasteiger charge is -2.21. The molecule has 1 aliphatic carbocycles. The number of benzene rings is 3. The smallest absolute Gasteiger partial charge is 0.535 e. The maximum absolute atomic E-state index is 9.02. The zero-order valence-corrected chi connectivity index (χ0v) is 14.0. The van der Waals surface area contributed by atoms with Crippen LogP contribution in [0.4, 0.5) is 0 Å². The lowest BCUT2D eigenvalue weighted by Crippen LogP contribution is -2.14. The topological polar surface area (TPSA) is 42.6 Å². The molecule has 1 aromatic heterocycles. The fourth-order valence-corrected chi connectivity index (χ4v) is 4.17. The van der Waals surface area contributed by atoms with Crippen molar-refractivity contribution in [3.05, 3.63) is 65.7 Å². The molecule has 3 aromatic carbocycles. The predicted molar refractivity (Wildman–Crippen MR) is 99.9 cm³/mol. The van der Waals surface area contributed by atoms with Crippen molar-refractivity contribution in [1.29, 1.82) is 0 Å². The van der Waals surface area contributed by atoms with Crippen LogP contribution in [-0.2, 0) is 5.41 Å². The van der Waals surface area contributed by atoms with Crippen molar-refractivity contribution in [1.82, 2.24) is 0 Å². The molecule has 4 aromatic rings. The summed E-state index contributed by atoms with van der Waals surface area (Å²) in [5.41, 5.74) is 6.45. The third-order valence-electron chi connectivity index (χ3n) is 5.35. The van der Waals surface area contributed by atoms with Crippen molar-refractivity contribution in [3.8, 4) is 16.9 Å². The highest BCUT2D eigenvalue weighted by atomic mass is 16.5. The van der Waals surface area contributed by atoms with E-state index in [1.54, 1.807) is 6.07 Å². The number of rotatable bonds is 2. The van der Waals surface area contributed by atoms with Crippen LogP contribution >= 0.6 is 0 Å². The Morgan fingerprint density at radius 2 is 1.68 bits per heavy atom. The molecule has 1 heterocycles. The van der Waals surface area contributed by atoms with Gasteiger partial charge in [-0.2, -0.15) is 0 Å². The molecule has 0 saturated heterocycles. The van der Waals surface area contributed by atoms with Gasteiger partial charge in [0, 0.05) is 21.8 Å². The molecular formula is C21H16BO3. The third kappa shape index (κ3) is 1.80. The van der Waals surface area contributed by atoms with E-state index in [4.69, 9.17) is 14.1 Å². The van der Waals surface area contributed by atoms with Gasteiger partial charge in [-0.3, -0.25) is 0 Å². The van der Waals surface area contributed by atoms with Gasteiger partial charge in [0.15, 0.2) is 5.58 Å². The van der Waals surface area contributed by atoms with E-state index in [1.807, 2.05) is 12.1 Å². The van der Waals surface area contributed by atoms with E-state index in [2.05, 4.69) is 50.2 Å². The Labute approximate surface area is 146 Å². The lowest BCUT2D eigenvalue weighted by atomic mass is 9.82. The molecule has 0 unspecified atom stereocenters. The highest BCUT2D eigenvalue weighted by molar-refractivity contribution is 6.19. The van der Waals surface area contributed by atoms with Gasteiger partial charge < -0.3 is 14.1 Å². The number of furan rings is 1. The van der Waals surface area contributed by atoms with Crippen LogP contribution in [0.1, 0.15) is 25.0 Å². The monoisotopic (exact) mass is 327 g/mol. The lowest BCUT2D eigenvalue weighted by molar-refractivity contribution is 0.451. The minimum Gasteiger partial charge on any atom is -0.535 e. The highest BCUT2D eigenvalue weighted by Crippen LogP contribution is 2.52. The first-order chi connectivity index (χ1) is 12.1. The summed E-state index contributed by atoms with van der Waals surface area (Å²) in [6.45, 7) is 4.50. The summed E-state index contributed by atoms with van der Waals surface area (Å²) in [5, 5.41) is 11.1. The average molecular weight is 327 g/mol. The minimum atomic E-state index is -0.0582. The second-order valence-electron chi connectivity index (χ2n) is 6.99. The Kier molecular flexibility index (Phi) is 2.86. The molecule has 0 atom stereocenters. The molecule has 1 N–H and O–H groups in total. The second kappa shape index (κ2) is 4.90. The SMILES string of the molecule is CC1(C)c2ccccc2-c2c1ccc1c2oc2c(O[B]O)cccc21. The first kappa shape index (κ1) is 14.6. The van der Waals surface area contributed by atoms with Gasteiger partial charge in [0.2, 0.25) is 0 Å². The van der Waals surface area contributed by atoms with E-state index in [1.165, 1.54) is 16.7 Å². The molecule has 4 heteroatoms. The maximum Gasteiger partial charge on any atom is 0.569 e. The van der Waals surface area contributed by atoms with E-state index in [0.717, 1.165) is 21.9 Å². The van der Waals surface area contributed by atoms with Gasteiger partial charge >= 0.3 is 7.69 Å². The van der Waals surface area contributed by atoms with Crippen molar-refractivity contribution in [2.24, 2.45) is 0 Å². The Bertz CT molecular complexity index is 1140. The summed E-state index contributed by atoms with van der Waals surface area (Å²) in [7, 11) is 0.685. The van der Waals surface area contributed by atoms with Crippen LogP contribution in [0.25, 0.3) is 33.1 Å². The van der Waals surface area contributed by atoms with Gasteiger partial charge in [0.1, 0.15) is 11.3 Å². The van der Waals surface area contributed by atoms with Crippen molar-refractivity contribution in [2.45, 2.75) is 19.3 Å². The van der Waals surface area contributed by atoms with Gasteiger partial charge in [0.25, 0.3) is 0 Å². The molecule has 1 aliphatic rings. The minimum absolute atomic E-state index is 0.0582. The van der Waals surface area contributed by atoms with Crippen LogP contribution in [0.5, 0.6) is 5.75 Å². The second-order valence-corrected chi connectivity index (χ2v) is 6.99. The van der Waals surface area contributed by atoms with Gasteiger partial charge in [-0.05, 0) is 22.8 Å². The summed E-state index contributed by atoms with van der Waals surface area (Å²) in [4.78, 5) is 0. The van der Waals surface area contributed by atoms with E-state index in [9.17, 15) is 0 Å². The molecule has 0 fully saturated rings. The zero-order chi connectivity index (χ0) is 17.2. The van der Waals surface area contributed by atoms with Crippen molar-refractivity contribution >= 4 is 29.6 Å². The van der Waals surface area contributed by atoms with Crippen LogP contribution in [0.2, 0.25) is 0 Å². The largest absolute Gasteiger partial charge is 0.569 e. The van der Waals surface area contributed by atoms with E-state index < -0.39 is 0 Å². The quantitative estimate of drug-likeness (QED) is 0.538. The zero-order valence-electron chi connectivity index (χ0n) is 14.0. The number of hydrogen-bond donors (Lipinski definition) is 1. The standard InChI is InChI=1S/C21H16BO3/c1-21(2)15-8-4-3-6-14(15)18-16(21)11-10-13-12-7-5-9-17(25-22-23)19(12)24-20(13)18/h3-11,23H,1-2H3. The molecule has 5 rings (SSSR count). The summed E-state index contributed by atoms with van der Waals surface area (Å²) >= 11 is 0. The van der Waals surface area contributed by atoms with Crippen molar-refractivity contribution < 1.29 is 14.1 Å². The first-order valence-corrected chi connectivity index (χ1v) is 8.34. The molecule has 3 nitrogen and oxygen atoms in total. The summed E-state index contributed by atoms with van der Waals surface area (Å²) < 4.78 is 11.5. The molecule has 0 spiro atoms. The molecule has 0 saturated carbocycles. The highest BCUT2D eigenvalue weighted by Gasteiger charge is 2.37. The maximum atomic E-state index is 9.02. The van der Waals surface area contributed by atoms with Gasteiger partial charge in [-0.1, -0.05) is 62.4 Å². The molecular weight excluding hydrogens is 311 g/mol. The van der Waals surface area contributed by atoms with Crippen LogP contribution in [-0.4, -0.2) is 12.7 Å². The van der Waals surface area contributed by atoms with E-state index in [-0.39, 0.29) is 5.41 Å². The van der Waals surface area contributed by atoms with Crippen LogP contribution in [0, 0.1) is 0 Å². The molecule has 0 amide bonds. The Balaban J connectivity index is 1.93. The van der Waals surface area contributed by atoms with Crippen molar-refractivity contribution in [2.75, 3.05) is 0 Å². The number of para-hydroxylation sites is 1. The molecule has 0 aliphatic heterocycles. The van der Waals surface area contributed by atoms with Crippen LogP contribution < -0.4 is 4.65 Å². The van der Waals surface area contributed by atoms with Crippen LogP contribution in [0.15, 0.2) is 59.0 Å². The Morgan fingerprint density at radius 3 is 2.52 bits per heavy atom. The van der Waals surface area contributed by atoms with Gasteiger partial charge in [0.05, 0.1) is 0 Å². The predicted octanol–water partition coefficient (Wildman–Crippen LogP) is 4.80. The molecule has 121 valence electrons. The molecule has 25 heavy (non-hydrogen) atoms. The molecule has 0 bridgehead atoms. The van der Waals surface area contributed by atoms with E-state index >= 15 is 0 Å². The summed E-state index contributed by atoms with van der Waals surface area (Å²) in [5.74, 6) is 0.510. The summed E-state index contributed by atoms with van der Waals surface area (Å²) in [6, 6.07) is 18.6. The third-order valence-corrected chi connectivity index (χ3v) is 5.35. The number of hydrogen-bond acceptors (Lipinski definition) is 3. The fraction of sp³-hybridized carbons (Fsp3) is 0.143. The van der Waals surface area contributed by atoms with Crippen LogP contribution in [0.3, 0.4) is 0 Å². The van der Waals surface area contributed by atoms with Gasteiger partial charge in [-0.15, -0.1) is 0 Å². The van der Waals surface area contributed by atoms with Gasteiger partial charge in [-0.25, -0.2) is 0 Å². The fourth-order valence-electron chi connectivity index (χ4n) is 4.17. The first-order valence-electron chi connectivity index (χ1n) is 8.34. The number of fused-ring (bicyclic) bond motifs is 7. The Morgan fingerprint density at radius 1 is 0.880 bits per heavy atom. The van der Waals surface area contributed by atoms with Crippen molar-refractivity contribution in [3.63, 3.8) is 0 Å². The Hall–Kier alpha value is -2.72. The average Bonchev–Trinajstić information content (AvgIpc) is 3.10. The summed E-state index contributed by atoms with van der Waals surface area (Å²) in [6.07, 6.45) is 0.